The van der Waals surface area contributed by atoms with Crippen LogP contribution >= 0.6 is 0 Å². The van der Waals surface area contributed by atoms with Crippen LogP contribution in [-0.4, -0.2) is 22.2 Å². The van der Waals surface area contributed by atoms with Gasteiger partial charge < -0.3 is 15.0 Å². The summed E-state index contributed by atoms with van der Waals surface area (Å²) >= 11 is 0. The minimum Gasteiger partial charge on any atom is -0.481 e. The fourth-order valence-electron chi connectivity index (χ4n) is 3.56. The van der Waals surface area contributed by atoms with Crippen molar-refractivity contribution in [3.8, 4) is 0 Å². The Morgan fingerprint density at radius 3 is 3.00 bits per heavy atom. The number of nitrogens with zero attached hydrogens (tertiary/aromatic N) is 1. The molecule has 4 heteroatoms. The number of fused-ring (bicyclic) bond motifs is 1. The standard InChI is InChI=1S/C17H22N2O2/c1-19-11-13(14-6-2-3-8-16(14)19)10-18-9-12-5-4-7-15(12)17(20)21/h2-3,6,8,11-12,15,18H,4-5,7,9-10H2,1H3,(H,20,21). The van der Waals surface area contributed by atoms with Crippen molar-refractivity contribution >= 4 is 16.9 Å². The van der Waals surface area contributed by atoms with Crippen LogP contribution in [0.1, 0.15) is 24.8 Å². The lowest BCUT2D eigenvalue weighted by Crippen LogP contribution is -2.28. The van der Waals surface area contributed by atoms with E-state index in [-0.39, 0.29) is 11.8 Å². The molecule has 0 amide bonds. The van der Waals surface area contributed by atoms with Crippen molar-refractivity contribution in [1.82, 2.24) is 9.88 Å². The molecule has 1 saturated carbocycles. The highest BCUT2D eigenvalue weighted by Crippen LogP contribution is 2.31. The average molecular weight is 286 g/mol. The van der Waals surface area contributed by atoms with Gasteiger partial charge in [0.2, 0.25) is 0 Å². The van der Waals surface area contributed by atoms with E-state index in [0.29, 0.717) is 0 Å². The lowest BCUT2D eigenvalue weighted by Gasteiger charge is -2.16. The van der Waals surface area contributed by atoms with Crippen molar-refractivity contribution in [3.63, 3.8) is 0 Å². The Kier molecular flexibility index (Phi) is 3.97. The van der Waals surface area contributed by atoms with Crippen LogP contribution in [0.2, 0.25) is 0 Å². The molecule has 2 atom stereocenters. The lowest BCUT2D eigenvalue weighted by molar-refractivity contribution is -0.142. The van der Waals surface area contributed by atoms with E-state index < -0.39 is 5.97 Å². The van der Waals surface area contributed by atoms with Crippen molar-refractivity contribution < 1.29 is 9.90 Å². The minimum absolute atomic E-state index is 0.162. The number of aryl methyl sites for hydroxylation is 1. The van der Waals surface area contributed by atoms with Gasteiger partial charge in [-0.2, -0.15) is 0 Å². The quantitative estimate of drug-likeness (QED) is 0.888. The number of benzene rings is 1. The number of rotatable bonds is 5. The molecule has 1 aromatic carbocycles. The molecule has 1 aromatic heterocycles. The molecule has 0 radical (unpaired) electrons. The van der Waals surface area contributed by atoms with Crippen LogP contribution in [0.25, 0.3) is 10.9 Å². The third-order valence-corrected chi connectivity index (χ3v) is 4.68. The Bertz CT molecular complexity index is 647. The summed E-state index contributed by atoms with van der Waals surface area (Å²) in [6, 6.07) is 8.37. The molecule has 1 heterocycles. The number of carbonyl (C=O) groups is 1. The molecular weight excluding hydrogens is 264 g/mol. The third kappa shape index (κ3) is 2.81. The summed E-state index contributed by atoms with van der Waals surface area (Å²) in [4.78, 5) is 11.2. The number of carboxylic acids is 1. The number of aliphatic carboxylic acids is 1. The van der Waals surface area contributed by atoms with Crippen LogP contribution in [0.3, 0.4) is 0 Å². The molecule has 4 nitrogen and oxygen atoms in total. The van der Waals surface area contributed by atoms with Crippen molar-refractivity contribution in [2.45, 2.75) is 25.8 Å². The van der Waals surface area contributed by atoms with Gasteiger partial charge in [0.15, 0.2) is 0 Å². The Hall–Kier alpha value is -1.81. The molecule has 0 bridgehead atoms. The summed E-state index contributed by atoms with van der Waals surface area (Å²) < 4.78 is 2.14. The second kappa shape index (κ2) is 5.90. The Labute approximate surface area is 124 Å². The van der Waals surface area contributed by atoms with Gasteiger partial charge in [0.25, 0.3) is 0 Å². The van der Waals surface area contributed by atoms with Crippen LogP contribution in [0.5, 0.6) is 0 Å². The number of carboxylic acid groups (broad SMARTS) is 1. The van der Waals surface area contributed by atoms with E-state index in [0.717, 1.165) is 32.4 Å². The van der Waals surface area contributed by atoms with Gasteiger partial charge in [-0.1, -0.05) is 24.6 Å². The monoisotopic (exact) mass is 286 g/mol. The van der Waals surface area contributed by atoms with E-state index in [4.69, 9.17) is 0 Å². The van der Waals surface area contributed by atoms with Gasteiger partial charge in [-0.05, 0) is 36.9 Å². The summed E-state index contributed by atoms with van der Waals surface area (Å²) in [5.74, 6) is -0.521. The van der Waals surface area contributed by atoms with E-state index in [1.807, 2.05) is 0 Å². The maximum Gasteiger partial charge on any atom is 0.306 e. The van der Waals surface area contributed by atoms with Gasteiger partial charge in [-0.15, -0.1) is 0 Å². The zero-order chi connectivity index (χ0) is 14.8. The second-order valence-electron chi connectivity index (χ2n) is 6.05. The summed E-state index contributed by atoms with van der Waals surface area (Å²) in [6.45, 7) is 1.59. The van der Waals surface area contributed by atoms with E-state index in [9.17, 15) is 9.90 Å². The Morgan fingerprint density at radius 2 is 2.19 bits per heavy atom. The molecule has 2 aromatic rings. The van der Waals surface area contributed by atoms with E-state index in [2.05, 4.69) is 47.4 Å². The van der Waals surface area contributed by atoms with Crippen LogP contribution in [0, 0.1) is 11.8 Å². The summed E-state index contributed by atoms with van der Waals surface area (Å²) in [5, 5.41) is 13.9. The molecule has 1 aliphatic rings. The van der Waals surface area contributed by atoms with Gasteiger partial charge in [0.1, 0.15) is 0 Å². The first-order valence-corrected chi connectivity index (χ1v) is 7.63. The lowest BCUT2D eigenvalue weighted by atomic mass is 9.96. The van der Waals surface area contributed by atoms with E-state index in [1.54, 1.807) is 0 Å². The number of hydrogen-bond acceptors (Lipinski definition) is 2. The molecule has 0 spiro atoms. The van der Waals surface area contributed by atoms with Gasteiger partial charge >= 0.3 is 5.97 Å². The van der Waals surface area contributed by atoms with Crippen molar-refractivity contribution in [1.29, 1.82) is 0 Å². The molecular formula is C17H22N2O2. The first-order chi connectivity index (χ1) is 10.2. The minimum atomic E-state index is -0.635. The molecule has 112 valence electrons. The highest BCUT2D eigenvalue weighted by molar-refractivity contribution is 5.83. The first kappa shape index (κ1) is 14.1. The SMILES string of the molecule is Cn1cc(CNCC2CCCC2C(=O)O)c2ccccc21. The third-order valence-electron chi connectivity index (χ3n) is 4.68. The average Bonchev–Trinajstić information content (AvgIpc) is 3.05. The number of aromatic nitrogens is 1. The van der Waals surface area contributed by atoms with Crippen molar-refractivity contribution in [3.05, 3.63) is 36.0 Å². The van der Waals surface area contributed by atoms with Gasteiger partial charge in [0.05, 0.1) is 5.92 Å². The smallest absolute Gasteiger partial charge is 0.306 e. The van der Waals surface area contributed by atoms with Crippen LogP contribution in [-0.2, 0) is 18.4 Å². The maximum absolute atomic E-state index is 11.2. The van der Waals surface area contributed by atoms with Crippen LogP contribution < -0.4 is 5.32 Å². The predicted octanol–water partition coefficient (Wildman–Crippen LogP) is 2.77. The van der Waals surface area contributed by atoms with E-state index in [1.165, 1.54) is 16.5 Å². The number of para-hydroxylation sites is 1. The Morgan fingerprint density at radius 1 is 1.38 bits per heavy atom. The number of hydrogen-bond donors (Lipinski definition) is 2. The fraction of sp³-hybridized carbons (Fsp3) is 0.471. The number of nitrogens with one attached hydrogen (secondary N) is 1. The molecule has 2 unspecified atom stereocenters. The zero-order valence-electron chi connectivity index (χ0n) is 12.4. The van der Waals surface area contributed by atoms with Crippen LogP contribution in [0.4, 0.5) is 0 Å². The second-order valence-corrected chi connectivity index (χ2v) is 6.05. The highest BCUT2D eigenvalue weighted by Gasteiger charge is 2.32. The summed E-state index contributed by atoms with van der Waals surface area (Å²) in [5.41, 5.74) is 2.51. The highest BCUT2D eigenvalue weighted by atomic mass is 16.4. The van der Waals surface area contributed by atoms with Crippen molar-refractivity contribution in [2.24, 2.45) is 18.9 Å². The van der Waals surface area contributed by atoms with Gasteiger partial charge in [-0.3, -0.25) is 4.79 Å². The topological polar surface area (TPSA) is 54.3 Å². The summed E-state index contributed by atoms with van der Waals surface area (Å²) in [6.07, 6.45) is 5.05. The molecule has 2 N–H and O–H groups in total. The zero-order valence-corrected chi connectivity index (χ0v) is 12.4. The Balaban J connectivity index is 1.63. The van der Waals surface area contributed by atoms with Gasteiger partial charge in [-0.25, -0.2) is 0 Å². The molecule has 3 rings (SSSR count). The maximum atomic E-state index is 11.2. The van der Waals surface area contributed by atoms with Gasteiger partial charge in [0, 0.05) is 30.7 Å². The summed E-state index contributed by atoms with van der Waals surface area (Å²) in [7, 11) is 2.06. The molecule has 1 fully saturated rings. The van der Waals surface area contributed by atoms with E-state index >= 15 is 0 Å². The fourth-order valence-corrected chi connectivity index (χ4v) is 3.56. The molecule has 1 aliphatic carbocycles. The van der Waals surface area contributed by atoms with Crippen molar-refractivity contribution in [2.75, 3.05) is 6.54 Å². The normalized spacial score (nSPS) is 22.0. The predicted molar refractivity (Wildman–Crippen MR) is 83.1 cm³/mol. The first-order valence-electron chi connectivity index (χ1n) is 7.63. The van der Waals surface area contributed by atoms with Crippen LogP contribution in [0.15, 0.2) is 30.5 Å². The molecule has 0 aliphatic heterocycles. The molecule has 21 heavy (non-hydrogen) atoms. The largest absolute Gasteiger partial charge is 0.481 e. The molecule has 0 saturated heterocycles.